The van der Waals surface area contributed by atoms with Gasteiger partial charge in [0.15, 0.2) is 0 Å². The zero-order chi connectivity index (χ0) is 20.2. The lowest BCUT2D eigenvalue weighted by Gasteiger charge is -2.35. The molecule has 0 unspecified atom stereocenters. The molecule has 0 N–H and O–H groups in total. The maximum Gasteiger partial charge on any atom is 0.253 e. The molecule has 148 valence electrons. The number of nitriles is 1. The van der Waals surface area contributed by atoms with E-state index in [2.05, 4.69) is 6.07 Å². The molecule has 2 saturated heterocycles. The zero-order valence-electron chi connectivity index (χ0n) is 16.2. The Hall–Kier alpha value is -3.17. The van der Waals surface area contributed by atoms with Gasteiger partial charge in [-0.2, -0.15) is 5.26 Å². The lowest BCUT2D eigenvalue weighted by molar-refractivity contribution is -0.142. The molecule has 2 aromatic carbocycles. The summed E-state index contributed by atoms with van der Waals surface area (Å²) >= 11 is 0. The first-order valence-corrected chi connectivity index (χ1v) is 9.96. The standard InChI is InChI=1S/C23H23N3O3/c24-16-17-3-1-4-20(15-17)18-6-8-19(9-7-18)22(27)25-10-12-26(13-11-25)23(28)21-5-2-14-29-21/h1,3-4,6-9,15,21H,2,5,10-14H2/t21-/m0/s1. The van der Waals surface area contributed by atoms with Crippen molar-refractivity contribution < 1.29 is 14.3 Å². The van der Waals surface area contributed by atoms with Crippen LogP contribution in [-0.4, -0.2) is 60.5 Å². The normalized spacial score (nSPS) is 19.1. The van der Waals surface area contributed by atoms with Gasteiger partial charge in [0.25, 0.3) is 11.8 Å². The van der Waals surface area contributed by atoms with Gasteiger partial charge in [-0.1, -0.05) is 24.3 Å². The molecule has 1 atom stereocenters. The van der Waals surface area contributed by atoms with E-state index in [0.29, 0.717) is 43.9 Å². The Morgan fingerprint density at radius 2 is 1.69 bits per heavy atom. The number of piperazine rings is 1. The molecule has 2 heterocycles. The predicted molar refractivity (Wildman–Crippen MR) is 108 cm³/mol. The second-order valence-corrected chi connectivity index (χ2v) is 7.39. The van der Waals surface area contributed by atoms with Gasteiger partial charge in [-0.3, -0.25) is 9.59 Å². The number of hydrogen-bond acceptors (Lipinski definition) is 4. The third-order valence-electron chi connectivity index (χ3n) is 5.54. The Kier molecular flexibility index (Phi) is 5.59. The smallest absolute Gasteiger partial charge is 0.253 e. The van der Waals surface area contributed by atoms with E-state index in [4.69, 9.17) is 10.00 Å². The van der Waals surface area contributed by atoms with Crippen molar-refractivity contribution in [2.75, 3.05) is 32.8 Å². The molecule has 0 spiro atoms. The zero-order valence-corrected chi connectivity index (χ0v) is 16.2. The third-order valence-corrected chi connectivity index (χ3v) is 5.54. The van der Waals surface area contributed by atoms with Crippen LogP contribution in [0.5, 0.6) is 0 Å². The molecular formula is C23H23N3O3. The first-order valence-electron chi connectivity index (χ1n) is 9.96. The summed E-state index contributed by atoms with van der Waals surface area (Å²) in [6, 6.07) is 17.0. The molecular weight excluding hydrogens is 366 g/mol. The highest BCUT2D eigenvalue weighted by Gasteiger charge is 2.31. The number of amides is 2. The van der Waals surface area contributed by atoms with Crippen molar-refractivity contribution in [3.05, 3.63) is 59.7 Å². The number of nitrogens with zero attached hydrogens (tertiary/aromatic N) is 3. The van der Waals surface area contributed by atoms with Crippen LogP contribution in [0.2, 0.25) is 0 Å². The second kappa shape index (κ2) is 8.46. The van der Waals surface area contributed by atoms with E-state index in [0.717, 1.165) is 24.0 Å². The molecule has 2 aliphatic heterocycles. The van der Waals surface area contributed by atoms with Crippen molar-refractivity contribution in [1.29, 1.82) is 5.26 Å². The van der Waals surface area contributed by atoms with E-state index in [1.54, 1.807) is 11.0 Å². The number of benzene rings is 2. The molecule has 0 saturated carbocycles. The largest absolute Gasteiger partial charge is 0.368 e. The monoisotopic (exact) mass is 389 g/mol. The predicted octanol–water partition coefficient (Wildman–Crippen LogP) is 2.69. The average Bonchev–Trinajstić information content (AvgIpc) is 3.33. The summed E-state index contributed by atoms with van der Waals surface area (Å²) in [5.74, 6) is 0.0325. The quantitative estimate of drug-likeness (QED) is 0.809. The highest BCUT2D eigenvalue weighted by Crippen LogP contribution is 2.22. The second-order valence-electron chi connectivity index (χ2n) is 7.39. The van der Waals surface area contributed by atoms with Crippen molar-refractivity contribution in [3.8, 4) is 17.2 Å². The molecule has 4 rings (SSSR count). The summed E-state index contributed by atoms with van der Waals surface area (Å²) in [5.41, 5.74) is 3.15. The van der Waals surface area contributed by atoms with Crippen LogP contribution in [0.15, 0.2) is 48.5 Å². The number of carbonyl (C=O) groups excluding carboxylic acids is 2. The number of carbonyl (C=O) groups is 2. The van der Waals surface area contributed by atoms with Gasteiger partial charge in [0.1, 0.15) is 6.10 Å². The van der Waals surface area contributed by atoms with E-state index in [9.17, 15) is 9.59 Å². The number of hydrogen-bond donors (Lipinski definition) is 0. The van der Waals surface area contributed by atoms with Crippen LogP contribution < -0.4 is 0 Å². The van der Waals surface area contributed by atoms with Crippen LogP contribution in [0.1, 0.15) is 28.8 Å². The summed E-state index contributed by atoms with van der Waals surface area (Å²) in [5, 5.41) is 9.05. The van der Waals surface area contributed by atoms with Gasteiger partial charge >= 0.3 is 0 Å². The first kappa shape index (κ1) is 19.2. The molecule has 2 amide bonds. The van der Waals surface area contributed by atoms with Crippen molar-refractivity contribution in [3.63, 3.8) is 0 Å². The molecule has 0 bridgehead atoms. The molecule has 0 radical (unpaired) electrons. The summed E-state index contributed by atoms with van der Waals surface area (Å²) in [6.07, 6.45) is 1.43. The van der Waals surface area contributed by atoms with E-state index in [-0.39, 0.29) is 17.9 Å². The Morgan fingerprint density at radius 3 is 2.34 bits per heavy atom. The molecule has 0 aromatic heterocycles. The topological polar surface area (TPSA) is 73.6 Å². The minimum Gasteiger partial charge on any atom is -0.368 e. The molecule has 2 aliphatic rings. The summed E-state index contributed by atoms with van der Waals surface area (Å²) < 4.78 is 5.48. The molecule has 0 aliphatic carbocycles. The Balaban J connectivity index is 1.37. The van der Waals surface area contributed by atoms with Gasteiger partial charge in [-0.15, -0.1) is 0 Å². The van der Waals surface area contributed by atoms with Crippen LogP contribution in [0.4, 0.5) is 0 Å². The van der Waals surface area contributed by atoms with Crippen LogP contribution >= 0.6 is 0 Å². The molecule has 6 nitrogen and oxygen atoms in total. The van der Waals surface area contributed by atoms with Gasteiger partial charge in [-0.25, -0.2) is 0 Å². The van der Waals surface area contributed by atoms with Crippen LogP contribution in [0.25, 0.3) is 11.1 Å². The lowest BCUT2D eigenvalue weighted by Crippen LogP contribution is -2.52. The van der Waals surface area contributed by atoms with Crippen molar-refractivity contribution in [2.45, 2.75) is 18.9 Å². The fourth-order valence-electron chi connectivity index (χ4n) is 3.86. The average molecular weight is 389 g/mol. The Bertz CT molecular complexity index is 935. The fourth-order valence-corrected chi connectivity index (χ4v) is 3.86. The minimum absolute atomic E-state index is 0.0217. The molecule has 6 heteroatoms. The Labute approximate surface area is 170 Å². The summed E-state index contributed by atoms with van der Waals surface area (Å²) in [6.45, 7) is 2.81. The van der Waals surface area contributed by atoms with Crippen LogP contribution in [0, 0.1) is 11.3 Å². The Morgan fingerprint density at radius 1 is 0.966 bits per heavy atom. The summed E-state index contributed by atoms with van der Waals surface area (Å²) in [4.78, 5) is 28.9. The van der Waals surface area contributed by atoms with Crippen molar-refractivity contribution in [1.82, 2.24) is 9.80 Å². The van der Waals surface area contributed by atoms with Crippen LogP contribution in [0.3, 0.4) is 0 Å². The van der Waals surface area contributed by atoms with Gasteiger partial charge in [0, 0.05) is 38.3 Å². The number of ether oxygens (including phenoxy) is 1. The van der Waals surface area contributed by atoms with Crippen molar-refractivity contribution >= 4 is 11.8 Å². The van der Waals surface area contributed by atoms with E-state index in [1.807, 2.05) is 47.4 Å². The fraction of sp³-hybridized carbons (Fsp3) is 0.348. The van der Waals surface area contributed by atoms with Crippen LogP contribution in [-0.2, 0) is 9.53 Å². The van der Waals surface area contributed by atoms with E-state index in [1.165, 1.54) is 0 Å². The van der Waals surface area contributed by atoms with Gasteiger partial charge in [0.2, 0.25) is 0 Å². The molecule has 29 heavy (non-hydrogen) atoms. The number of rotatable bonds is 3. The third kappa shape index (κ3) is 4.15. The SMILES string of the molecule is N#Cc1cccc(-c2ccc(C(=O)N3CCN(C(=O)[C@@H]4CCCO4)CC3)cc2)c1. The van der Waals surface area contributed by atoms with Gasteiger partial charge in [-0.05, 0) is 48.2 Å². The van der Waals surface area contributed by atoms with Gasteiger partial charge < -0.3 is 14.5 Å². The first-order chi connectivity index (χ1) is 14.2. The highest BCUT2D eigenvalue weighted by molar-refractivity contribution is 5.95. The van der Waals surface area contributed by atoms with Gasteiger partial charge in [0.05, 0.1) is 11.6 Å². The van der Waals surface area contributed by atoms with Crippen molar-refractivity contribution in [2.24, 2.45) is 0 Å². The highest BCUT2D eigenvalue weighted by atomic mass is 16.5. The molecule has 2 fully saturated rings. The minimum atomic E-state index is -0.302. The maximum atomic E-state index is 12.8. The molecule has 2 aromatic rings. The van der Waals surface area contributed by atoms with E-state index >= 15 is 0 Å². The summed E-state index contributed by atoms with van der Waals surface area (Å²) in [7, 11) is 0. The maximum absolute atomic E-state index is 12.8. The lowest BCUT2D eigenvalue weighted by atomic mass is 10.0. The van der Waals surface area contributed by atoms with E-state index < -0.39 is 0 Å².